The van der Waals surface area contributed by atoms with Crippen LogP contribution in [0, 0.1) is 13.8 Å². The Hall–Kier alpha value is -7.69. The van der Waals surface area contributed by atoms with Gasteiger partial charge in [-0.3, -0.25) is 0 Å². The molecule has 0 saturated heterocycles. The zero-order chi connectivity index (χ0) is 39.5. The van der Waals surface area contributed by atoms with Crippen LogP contribution in [-0.4, -0.2) is 9.55 Å². The average Bonchev–Trinajstić information content (AvgIpc) is 3.89. The van der Waals surface area contributed by atoms with E-state index in [1.807, 2.05) is 36.4 Å². The summed E-state index contributed by atoms with van der Waals surface area (Å²) in [7, 11) is 0. The van der Waals surface area contributed by atoms with E-state index in [1.165, 1.54) is 44.1 Å². The number of benzene rings is 9. The van der Waals surface area contributed by atoms with Gasteiger partial charge in [-0.25, -0.2) is 4.98 Å². The summed E-state index contributed by atoms with van der Waals surface area (Å²) in [6.45, 7) is 4.43. The van der Waals surface area contributed by atoms with Gasteiger partial charge in [-0.2, -0.15) is 0 Å². The molecule has 2 heterocycles. The first-order chi connectivity index (χ1) is 29.1. The summed E-state index contributed by atoms with van der Waals surface area (Å²) in [5.41, 5.74) is 16.5. The fourth-order valence-corrected chi connectivity index (χ4v) is 8.82. The molecule has 0 aliphatic carbocycles. The van der Waals surface area contributed by atoms with Crippen LogP contribution in [-0.2, 0) is 0 Å². The Morgan fingerprint density at radius 3 is 1.92 bits per heavy atom. The van der Waals surface area contributed by atoms with Crippen LogP contribution < -0.4 is 4.90 Å². The molecule has 2 aromatic heterocycles. The standard InChI is InChI=1S/C55H39N3O/c1-36-14-12-22-46(39-16-6-3-7-17-39)53(36)57(45-31-32-47-48-23-13-15-37(2)54(48)58(50(47)35-45)43-20-10-5-11-21-43)44-29-26-38(27-30-44)42-25-24-40-28-33-51-52(49(40)34-42)56-55(59-51)41-18-8-4-9-19-41/h3-35H,1-2H3. The molecule has 4 nitrogen and oxygen atoms in total. The summed E-state index contributed by atoms with van der Waals surface area (Å²) < 4.78 is 8.67. The predicted octanol–water partition coefficient (Wildman–Crippen LogP) is 15.2. The molecular formula is C55H39N3O. The topological polar surface area (TPSA) is 34.2 Å². The van der Waals surface area contributed by atoms with Gasteiger partial charge >= 0.3 is 0 Å². The second-order valence-electron chi connectivity index (χ2n) is 15.3. The van der Waals surface area contributed by atoms with Gasteiger partial charge in [0.25, 0.3) is 0 Å². The van der Waals surface area contributed by atoms with E-state index in [0.29, 0.717) is 5.89 Å². The van der Waals surface area contributed by atoms with E-state index in [2.05, 4.69) is 187 Å². The number of aryl methyl sites for hydroxylation is 2. The molecule has 0 fully saturated rings. The van der Waals surface area contributed by atoms with Crippen molar-refractivity contribution < 1.29 is 4.42 Å². The molecule has 0 saturated carbocycles. The number of rotatable bonds is 7. The highest BCUT2D eigenvalue weighted by atomic mass is 16.3. The van der Waals surface area contributed by atoms with E-state index in [0.717, 1.165) is 61.3 Å². The van der Waals surface area contributed by atoms with Crippen molar-refractivity contribution in [3.05, 3.63) is 211 Å². The molecule has 0 bridgehead atoms. The monoisotopic (exact) mass is 757 g/mol. The van der Waals surface area contributed by atoms with E-state index >= 15 is 0 Å². The van der Waals surface area contributed by atoms with E-state index < -0.39 is 0 Å². The van der Waals surface area contributed by atoms with Crippen LogP contribution in [0.3, 0.4) is 0 Å². The third-order valence-electron chi connectivity index (χ3n) is 11.6. The lowest BCUT2D eigenvalue weighted by Gasteiger charge is -2.30. The molecule has 0 unspecified atom stereocenters. The van der Waals surface area contributed by atoms with Crippen molar-refractivity contribution in [2.45, 2.75) is 13.8 Å². The molecule has 0 amide bonds. The summed E-state index contributed by atoms with van der Waals surface area (Å²) in [5, 5.41) is 4.68. The normalized spacial score (nSPS) is 11.6. The van der Waals surface area contributed by atoms with Gasteiger partial charge in [0.05, 0.1) is 16.7 Å². The first kappa shape index (κ1) is 34.5. The molecule has 9 aromatic carbocycles. The van der Waals surface area contributed by atoms with Crippen LogP contribution >= 0.6 is 0 Å². The molecule has 280 valence electrons. The first-order valence-electron chi connectivity index (χ1n) is 20.1. The molecule has 4 heteroatoms. The Kier molecular flexibility index (Phi) is 8.23. The van der Waals surface area contributed by atoms with Crippen molar-refractivity contribution in [3.8, 4) is 39.4 Å². The van der Waals surface area contributed by atoms with E-state index in [1.54, 1.807) is 0 Å². The highest BCUT2D eigenvalue weighted by Gasteiger charge is 2.22. The van der Waals surface area contributed by atoms with Crippen LogP contribution in [0.2, 0.25) is 0 Å². The molecule has 0 aliphatic heterocycles. The highest BCUT2D eigenvalue weighted by Crippen LogP contribution is 2.45. The first-order valence-corrected chi connectivity index (χ1v) is 20.1. The van der Waals surface area contributed by atoms with Crippen molar-refractivity contribution >= 4 is 60.7 Å². The Bertz CT molecular complexity index is 3330. The largest absolute Gasteiger partial charge is 0.436 e. The number of fused-ring (bicyclic) bond motifs is 6. The fourth-order valence-electron chi connectivity index (χ4n) is 8.82. The van der Waals surface area contributed by atoms with Gasteiger partial charge in [-0.1, -0.05) is 140 Å². The van der Waals surface area contributed by atoms with E-state index in [-0.39, 0.29) is 0 Å². The number of aromatic nitrogens is 2. The van der Waals surface area contributed by atoms with Gasteiger partial charge in [-0.05, 0) is 108 Å². The van der Waals surface area contributed by atoms with Crippen molar-refractivity contribution in [1.29, 1.82) is 0 Å². The van der Waals surface area contributed by atoms with E-state index in [4.69, 9.17) is 9.40 Å². The zero-order valence-electron chi connectivity index (χ0n) is 32.8. The second kappa shape index (κ2) is 14.0. The Morgan fingerprint density at radius 1 is 0.475 bits per heavy atom. The summed E-state index contributed by atoms with van der Waals surface area (Å²) in [6, 6.07) is 71.5. The van der Waals surface area contributed by atoms with Crippen molar-refractivity contribution in [3.63, 3.8) is 0 Å². The van der Waals surface area contributed by atoms with Gasteiger partial charge < -0.3 is 13.9 Å². The lowest BCUT2D eigenvalue weighted by molar-refractivity contribution is 0.620. The second-order valence-corrected chi connectivity index (χ2v) is 15.3. The maximum Gasteiger partial charge on any atom is 0.227 e. The fraction of sp³-hybridized carbons (Fsp3) is 0.0364. The predicted molar refractivity (Wildman–Crippen MR) is 246 cm³/mol. The highest BCUT2D eigenvalue weighted by molar-refractivity contribution is 6.11. The molecule has 59 heavy (non-hydrogen) atoms. The number of para-hydroxylation sites is 3. The van der Waals surface area contributed by atoms with Gasteiger partial charge in [0.2, 0.25) is 5.89 Å². The lowest BCUT2D eigenvalue weighted by Crippen LogP contribution is -2.13. The molecule has 11 rings (SSSR count). The molecular weight excluding hydrogens is 719 g/mol. The molecule has 0 N–H and O–H groups in total. The quantitative estimate of drug-likeness (QED) is 0.162. The Balaban J connectivity index is 1.08. The number of anilines is 3. The summed E-state index contributed by atoms with van der Waals surface area (Å²) in [4.78, 5) is 7.42. The van der Waals surface area contributed by atoms with Gasteiger partial charge in [0.15, 0.2) is 5.58 Å². The molecule has 0 atom stereocenters. The van der Waals surface area contributed by atoms with Crippen molar-refractivity contribution in [1.82, 2.24) is 9.55 Å². The zero-order valence-corrected chi connectivity index (χ0v) is 32.8. The lowest BCUT2D eigenvalue weighted by atomic mass is 9.97. The minimum Gasteiger partial charge on any atom is -0.436 e. The van der Waals surface area contributed by atoms with Crippen LogP contribution in [0.5, 0.6) is 0 Å². The summed E-state index contributed by atoms with van der Waals surface area (Å²) in [5.74, 6) is 0.631. The van der Waals surface area contributed by atoms with Crippen LogP contribution in [0.4, 0.5) is 17.1 Å². The Labute approximate surface area is 342 Å². The van der Waals surface area contributed by atoms with Gasteiger partial charge in [0, 0.05) is 44.3 Å². The number of nitrogens with zero attached hydrogens (tertiary/aromatic N) is 3. The SMILES string of the molecule is Cc1cccc(-c2ccccc2)c1N(c1ccc(-c2ccc3ccc4oc(-c5ccccc5)nc4c3c2)cc1)c1ccc2c3cccc(C)c3n(-c3ccccc3)c2c1. The molecule has 0 aliphatic rings. The van der Waals surface area contributed by atoms with Crippen molar-refractivity contribution in [2.75, 3.05) is 4.90 Å². The molecule has 0 radical (unpaired) electrons. The minimum atomic E-state index is 0.631. The number of oxazole rings is 1. The average molecular weight is 758 g/mol. The van der Waals surface area contributed by atoms with Crippen LogP contribution in [0.25, 0.3) is 83.1 Å². The smallest absolute Gasteiger partial charge is 0.227 e. The summed E-state index contributed by atoms with van der Waals surface area (Å²) >= 11 is 0. The number of hydrogen-bond acceptors (Lipinski definition) is 3. The van der Waals surface area contributed by atoms with Crippen LogP contribution in [0.1, 0.15) is 11.1 Å². The van der Waals surface area contributed by atoms with Crippen molar-refractivity contribution in [2.24, 2.45) is 0 Å². The van der Waals surface area contributed by atoms with Gasteiger partial charge in [-0.15, -0.1) is 0 Å². The maximum atomic E-state index is 6.25. The summed E-state index contributed by atoms with van der Waals surface area (Å²) in [6.07, 6.45) is 0. The van der Waals surface area contributed by atoms with Crippen LogP contribution in [0.15, 0.2) is 205 Å². The maximum absolute atomic E-state index is 6.25. The van der Waals surface area contributed by atoms with Gasteiger partial charge in [0.1, 0.15) is 5.52 Å². The minimum absolute atomic E-state index is 0.631. The number of hydrogen-bond donors (Lipinski definition) is 0. The third kappa shape index (κ3) is 5.88. The molecule has 11 aromatic rings. The molecule has 0 spiro atoms. The Morgan fingerprint density at radius 2 is 1.14 bits per heavy atom. The van der Waals surface area contributed by atoms with E-state index in [9.17, 15) is 0 Å². The third-order valence-corrected chi connectivity index (χ3v) is 11.6.